The summed E-state index contributed by atoms with van der Waals surface area (Å²) in [5.41, 5.74) is 7.70. The number of nitrogens with zero attached hydrogens (tertiary/aromatic N) is 2. The maximum atomic E-state index is 6.05. The van der Waals surface area contributed by atoms with Crippen molar-refractivity contribution in [2.24, 2.45) is 0 Å². The molecular formula is C14H16ClN3O2. The van der Waals surface area contributed by atoms with Crippen LogP contribution < -0.4 is 15.2 Å². The summed E-state index contributed by atoms with van der Waals surface area (Å²) in [5, 5.41) is 4.84. The van der Waals surface area contributed by atoms with Gasteiger partial charge in [-0.15, -0.1) is 0 Å². The van der Waals surface area contributed by atoms with Crippen LogP contribution in [0.3, 0.4) is 0 Å². The minimum Gasteiger partial charge on any atom is -0.490 e. The lowest BCUT2D eigenvalue weighted by Crippen LogP contribution is -2.06. The number of hydrogen-bond donors (Lipinski definition) is 1. The summed E-state index contributed by atoms with van der Waals surface area (Å²) in [6, 6.07) is 5.87. The summed E-state index contributed by atoms with van der Waals surface area (Å²) < 4.78 is 13.0. The van der Waals surface area contributed by atoms with Crippen LogP contribution >= 0.6 is 11.6 Å². The maximum Gasteiger partial charge on any atom is 0.161 e. The topological polar surface area (TPSA) is 62.3 Å². The van der Waals surface area contributed by atoms with Crippen molar-refractivity contribution in [2.45, 2.75) is 19.9 Å². The molecule has 2 N–H and O–H groups in total. The van der Waals surface area contributed by atoms with Crippen LogP contribution in [0.5, 0.6) is 11.5 Å². The lowest BCUT2D eigenvalue weighted by molar-refractivity contribution is 0.297. The van der Waals surface area contributed by atoms with Crippen LogP contribution in [0.25, 0.3) is 0 Å². The van der Waals surface area contributed by atoms with E-state index < -0.39 is 0 Å². The van der Waals surface area contributed by atoms with Gasteiger partial charge in [-0.3, -0.25) is 0 Å². The zero-order valence-electron chi connectivity index (χ0n) is 11.2. The molecule has 0 saturated carbocycles. The van der Waals surface area contributed by atoms with Crippen molar-refractivity contribution in [1.82, 2.24) is 9.78 Å². The van der Waals surface area contributed by atoms with E-state index in [1.807, 2.05) is 25.1 Å². The Morgan fingerprint density at radius 2 is 2.05 bits per heavy atom. The van der Waals surface area contributed by atoms with Gasteiger partial charge in [0.2, 0.25) is 0 Å². The Labute approximate surface area is 122 Å². The number of hydrogen-bond acceptors (Lipinski definition) is 4. The van der Waals surface area contributed by atoms with E-state index in [4.69, 9.17) is 26.8 Å². The molecule has 0 amide bonds. The quantitative estimate of drug-likeness (QED) is 0.924. The summed E-state index contributed by atoms with van der Waals surface area (Å²) in [6.45, 7) is 3.75. The zero-order chi connectivity index (χ0) is 14.1. The molecular weight excluding hydrogens is 278 g/mol. The monoisotopic (exact) mass is 293 g/mol. The van der Waals surface area contributed by atoms with Crippen molar-refractivity contribution in [3.05, 3.63) is 34.5 Å². The van der Waals surface area contributed by atoms with Crippen LogP contribution in [0.15, 0.2) is 18.2 Å². The van der Waals surface area contributed by atoms with Gasteiger partial charge in [-0.05, 0) is 24.6 Å². The van der Waals surface area contributed by atoms with Crippen molar-refractivity contribution in [2.75, 3.05) is 18.9 Å². The molecule has 0 unspecified atom stereocenters. The number of rotatable bonds is 2. The molecule has 0 radical (unpaired) electrons. The number of nitrogens with two attached hydrogens (primary N) is 1. The van der Waals surface area contributed by atoms with Crippen LogP contribution in [0, 0.1) is 6.92 Å². The number of halogens is 1. The first-order valence-corrected chi connectivity index (χ1v) is 6.90. The van der Waals surface area contributed by atoms with E-state index in [0.29, 0.717) is 30.6 Å². The SMILES string of the molecule is Cc1nn(Cc2ccc3c(c2)OCCCO3)c(N)c1Cl. The fraction of sp³-hybridized carbons (Fsp3) is 0.357. The highest BCUT2D eigenvalue weighted by Gasteiger charge is 2.13. The highest BCUT2D eigenvalue weighted by Crippen LogP contribution is 2.31. The van der Waals surface area contributed by atoms with Gasteiger partial charge < -0.3 is 15.2 Å². The molecule has 2 heterocycles. The summed E-state index contributed by atoms with van der Waals surface area (Å²) in [7, 11) is 0. The van der Waals surface area contributed by atoms with E-state index >= 15 is 0 Å². The fourth-order valence-corrected chi connectivity index (χ4v) is 2.31. The first-order valence-electron chi connectivity index (χ1n) is 6.52. The molecule has 3 rings (SSSR count). The second kappa shape index (κ2) is 5.25. The van der Waals surface area contributed by atoms with Crippen molar-refractivity contribution < 1.29 is 9.47 Å². The average Bonchev–Trinajstić information content (AvgIpc) is 2.64. The molecule has 2 aromatic rings. The van der Waals surface area contributed by atoms with Crippen LogP contribution in [-0.4, -0.2) is 23.0 Å². The van der Waals surface area contributed by atoms with Gasteiger partial charge in [0.1, 0.15) is 10.8 Å². The number of nitrogen functional groups attached to an aromatic ring is 1. The fourth-order valence-electron chi connectivity index (χ4n) is 2.18. The van der Waals surface area contributed by atoms with E-state index in [9.17, 15) is 0 Å². The zero-order valence-corrected chi connectivity index (χ0v) is 12.0. The summed E-state index contributed by atoms with van der Waals surface area (Å²) >= 11 is 6.05. The van der Waals surface area contributed by atoms with Crippen molar-refractivity contribution in [1.29, 1.82) is 0 Å². The summed E-state index contributed by atoms with van der Waals surface area (Å²) in [5.74, 6) is 2.04. The number of ether oxygens (including phenoxy) is 2. The Bertz CT molecular complexity index is 640. The molecule has 0 bridgehead atoms. The molecule has 1 aromatic carbocycles. The van der Waals surface area contributed by atoms with Crippen LogP contribution in [0.1, 0.15) is 17.7 Å². The third kappa shape index (κ3) is 2.41. The van der Waals surface area contributed by atoms with Gasteiger partial charge in [0.05, 0.1) is 25.5 Å². The second-order valence-electron chi connectivity index (χ2n) is 4.77. The smallest absolute Gasteiger partial charge is 0.161 e. The van der Waals surface area contributed by atoms with Crippen LogP contribution in [0.4, 0.5) is 5.82 Å². The predicted molar refractivity (Wildman–Crippen MR) is 77.5 cm³/mol. The number of aromatic nitrogens is 2. The van der Waals surface area contributed by atoms with Gasteiger partial charge >= 0.3 is 0 Å². The Balaban J connectivity index is 1.87. The molecule has 0 spiro atoms. The lowest BCUT2D eigenvalue weighted by Gasteiger charge is -2.10. The van der Waals surface area contributed by atoms with Gasteiger partial charge in [0.25, 0.3) is 0 Å². The van der Waals surface area contributed by atoms with Gasteiger partial charge in [0.15, 0.2) is 11.5 Å². The molecule has 0 saturated heterocycles. The van der Waals surface area contributed by atoms with Crippen LogP contribution in [-0.2, 0) is 6.54 Å². The predicted octanol–water partition coefficient (Wildman–Crippen LogP) is 2.64. The molecule has 106 valence electrons. The standard InChI is InChI=1S/C14H16ClN3O2/c1-9-13(15)14(16)18(17-9)8-10-3-4-11-12(7-10)20-6-2-5-19-11/h3-4,7H,2,5-6,8,16H2,1H3. The van der Waals surface area contributed by atoms with E-state index in [1.54, 1.807) is 4.68 Å². The van der Waals surface area contributed by atoms with E-state index in [0.717, 1.165) is 29.2 Å². The molecule has 1 aliphatic heterocycles. The normalized spacial score (nSPS) is 14.1. The minimum absolute atomic E-state index is 0.483. The Morgan fingerprint density at radius 3 is 2.75 bits per heavy atom. The number of anilines is 1. The highest BCUT2D eigenvalue weighted by molar-refractivity contribution is 6.33. The first-order chi connectivity index (χ1) is 9.65. The van der Waals surface area contributed by atoms with Crippen LogP contribution in [0.2, 0.25) is 5.02 Å². The van der Waals surface area contributed by atoms with Gasteiger partial charge in [-0.2, -0.15) is 5.10 Å². The number of fused-ring (bicyclic) bond motifs is 1. The maximum absolute atomic E-state index is 6.05. The molecule has 0 fully saturated rings. The van der Waals surface area contributed by atoms with Crippen molar-refractivity contribution >= 4 is 17.4 Å². The summed E-state index contributed by atoms with van der Waals surface area (Å²) in [4.78, 5) is 0. The molecule has 1 aromatic heterocycles. The Kier molecular flexibility index (Phi) is 3.44. The van der Waals surface area contributed by atoms with Gasteiger partial charge in [-0.25, -0.2) is 4.68 Å². The first kappa shape index (κ1) is 13.1. The second-order valence-corrected chi connectivity index (χ2v) is 5.15. The average molecular weight is 294 g/mol. The lowest BCUT2D eigenvalue weighted by atomic mass is 10.2. The molecule has 0 aliphatic carbocycles. The largest absolute Gasteiger partial charge is 0.490 e. The van der Waals surface area contributed by atoms with E-state index in [-0.39, 0.29) is 0 Å². The van der Waals surface area contributed by atoms with Gasteiger partial charge in [-0.1, -0.05) is 17.7 Å². The van der Waals surface area contributed by atoms with E-state index in [2.05, 4.69) is 5.10 Å². The molecule has 5 nitrogen and oxygen atoms in total. The minimum atomic E-state index is 0.483. The summed E-state index contributed by atoms with van der Waals surface area (Å²) in [6.07, 6.45) is 0.894. The number of aryl methyl sites for hydroxylation is 1. The Morgan fingerprint density at radius 1 is 1.30 bits per heavy atom. The van der Waals surface area contributed by atoms with Crippen molar-refractivity contribution in [3.63, 3.8) is 0 Å². The molecule has 1 aliphatic rings. The van der Waals surface area contributed by atoms with E-state index in [1.165, 1.54) is 0 Å². The molecule has 20 heavy (non-hydrogen) atoms. The molecule has 6 heteroatoms. The van der Waals surface area contributed by atoms with Gasteiger partial charge in [0, 0.05) is 6.42 Å². The highest BCUT2D eigenvalue weighted by atomic mass is 35.5. The third-order valence-corrected chi connectivity index (χ3v) is 3.70. The molecule has 0 atom stereocenters. The third-order valence-electron chi connectivity index (χ3n) is 3.24. The van der Waals surface area contributed by atoms with Crippen molar-refractivity contribution in [3.8, 4) is 11.5 Å². The Hall–Kier alpha value is -1.88. The number of benzene rings is 1.